The number of hydrogen-bond acceptors (Lipinski definition) is 6. The third kappa shape index (κ3) is 6.28. The van der Waals surface area contributed by atoms with E-state index in [4.69, 9.17) is 16.4 Å². The van der Waals surface area contributed by atoms with Gasteiger partial charge in [-0.3, -0.25) is 0 Å². The van der Waals surface area contributed by atoms with Gasteiger partial charge < -0.3 is 4.84 Å². The third-order valence-electron chi connectivity index (χ3n) is 3.79. The zero-order chi connectivity index (χ0) is 19.8. The summed E-state index contributed by atoms with van der Waals surface area (Å²) in [5, 5.41) is 13.6. The van der Waals surface area contributed by atoms with E-state index in [1.807, 2.05) is 31.2 Å². The van der Waals surface area contributed by atoms with Gasteiger partial charge in [0.15, 0.2) is 0 Å². The van der Waals surface area contributed by atoms with Crippen molar-refractivity contribution >= 4 is 29.6 Å². The molecular weight excluding hydrogens is 399 g/mol. The average molecular weight is 417 g/mol. The summed E-state index contributed by atoms with van der Waals surface area (Å²) in [7, 11) is 0. The van der Waals surface area contributed by atoms with Crippen LogP contribution in [0.2, 0.25) is 5.02 Å². The van der Waals surface area contributed by atoms with Gasteiger partial charge in [0.1, 0.15) is 12.4 Å². The molecule has 0 radical (unpaired) electrons. The molecule has 0 amide bonds. The second-order valence-electron chi connectivity index (χ2n) is 5.93. The molecule has 3 rings (SSSR count). The minimum atomic E-state index is -0.274. The van der Waals surface area contributed by atoms with Crippen LogP contribution in [0.4, 0.5) is 4.39 Å². The lowest BCUT2D eigenvalue weighted by atomic mass is 10.2. The number of thioether (sulfide) groups is 1. The lowest BCUT2D eigenvalue weighted by molar-refractivity contribution is 0.131. The number of benzene rings is 2. The Hall–Kier alpha value is -2.51. The monoisotopic (exact) mass is 416 g/mol. The van der Waals surface area contributed by atoms with E-state index in [2.05, 4.69) is 20.3 Å². The van der Waals surface area contributed by atoms with Crippen LogP contribution >= 0.6 is 23.4 Å². The van der Waals surface area contributed by atoms with Crippen LogP contribution in [0.15, 0.2) is 58.8 Å². The molecule has 1 heterocycles. The molecule has 8 heteroatoms. The minimum Gasteiger partial charge on any atom is -0.391 e. The highest BCUT2D eigenvalue weighted by Gasteiger charge is 2.06. The number of halogens is 2. The summed E-state index contributed by atoms with van der Waals surface area (Å²) in [6.07, 6.45) is 2.12. The topological polar surface area (TPSA) is 60.3 Å². The Morgan fingerprint density at radius 3 is 2.54 bits per heavy atom. The van der Waals surface area contributed by atoms with E-state index in [0.29, 0.717) is 16.6 Å². The molecule has 28 heavy (non-hydrogen) atoms. The standard InChI is InChI=1S/C20H18ClFN4OS/c1-14-19(10-11-23-27-12-15-4-8-18(22)9-5-15)24-20(26-25-14)28-13-16-2-6-17(21)7-3-16/h2-9,11H,10,12-13H2,1H3. The van der Waals surface area contributed by atoms with Crippen molar-refractivity contribution in [2.24, 2.45) is 5.16 Å². The number of nitrogens with zero attached hydrogens (tertiary/aromatic N) is 4. The summed E-state index contributed by atoms with van der Waals surface area (Å²) in [5.41, 5.74) is 3.53. The van der Waals surface area contributed by atoms with Gasteiger partial charge in [-0.1, -0.05) is 52.8 Å². The predicted octanol–water partition coefficient (Wildman–Crippen LogP) is 5.01. The van der Waals surface area contributed by atoms with E-state index in [1.165, 1.54) is 23.9 Å². The van der Waals surface area contributed by atoms with Crippen LogP contribution in [0.1, 0.15) is 22.5 Å². The quantitative estimate of drug-likeness (QED) is 0.293. The van der Waals surface area contributed by atoms with E-state index in [1.54, 1.807) is 18.3 Å². The number of rotatable bonds is 8. The van der Waals surface area contributed by atoms with Crippen molar-refractivity contribution in [3.8, 4) is 0 Å². The highest BCUT2D eigenvalue weighted by atomic mass is 35.5. The van der Waals surface area contributed by atoms with Crippen LogP contribution in [0.3, 0.4) is 0 Å². The second kappa shape index (κ2) is 10.1. The molecule has 2 aromatic carbocycles. The summed E-state index contributed by atoms with van der Waals surface area (Å²) in [6.45, 7) is 2.14. The van der Waals surface area contributed by atoms with Gasteiger partial charge in [-0.05, 0) is 42.3 Å². The lowest BCUT2D eigenvalue weighted by Crippen LogP contribution is -2.03. The maximum absolute atomic E-state index is 12.9. The average Bonchev–Trinajstić information content (AvgIpc) is 2.70. The Morgan fingerprint density at radius 2 is 1.79 bits per heavy atom. The Balaban J connectivity index is 1.51. The summed E-state index contributed by atoms with van der Waals surface area (Å²) in [5.74, 6) is 0.458. The van der Waals surface area contributed by atoms with Crippen LogP contribution < -0.4 is 0 Å². The van der Waals surface area contributed by atoms with Gasteiger partial charge >= 0.3 is 0 Å². The maximum Gasteiger partial charge on any atom is 0.209 e. The Morgan fingerprint density at radius 1 is 1.07 bits per heavy atom. The van der Waals surface area contributed by atoms with E-state index in [-0.39, 0.29) is 12.4 Å². The molecule has 0 saturated carbocycles. The molecule has 0 unspecified atom stereocenters. The molecule has 0 fully saturated rings. The van der Waals surface area contributed by atoms with Gasteiger partial charge in [0.25, 0.3) is 0 Å². The van der Waals surface area contributed by atoms with Crippen molar-refractivity contribution in [3.63, 3.8) is 0 Å². The molecule has 0 N–H and O–H groups in total. The van der Waals surface area contributed by atoms with Crippen molar-refractivity contribution in [1.29, 1.82) is 0 Å². The highest BCUT2D eigenvalue weighted by Crippen LogP contribution is 2.20. The molecule has 0 spiro atoms. The van der Waals surface area contributed by atoms with Gasteiger partial charge in [-0.15, -0.1) is 5.10 Å². The normalized spacial score (nSPS) is 11.1. The second-order valence-corrected chi connectivity index (χ2v) is 7.31. The van der Waals surface area contributed by atoms with E-state index in [0.717, 1.165) is 28.3 Å². The molecule has 0 atom stereocenters. The molecular formula is C20H18ClFN4OS. The largest absolute Gasteiger partial charge is 0.391 e. The Kier molecular flexibility index (Phi) is 7.33. The van der Waals surface area contributed by atoms with Gasteiger partial charge in [0, 0.05) is 23.4 Å². The van der Waals surface area contributed by atoms with Crippen molar-refractivity contribution in [1.82, 2.24) is 15.2 Å². The van der Waals surface area contributed by atoms with E-state index in [9.17, 15) is 4.39 Å². The van der Waals surface area contributed by atoms with Crippen molar-refractivity contribution in [2.45, 2.75) is 30.9 Å². The summed E-state index contributed by atoms with van der Waals surface area (Å²) < 4.78 is 12.9. The third-order valence-corrected chi connectivity index (χ3v) is 4.95. The molecule has 0 bridgehead atoms. The maximum atomic E-state index is 12.9. The van der Waals surface area contributed by atoms with Crippen LogP contribution in [0.25, 0.3) is 0 Å². The first kappa shape index (κ1) is 20.2. The highest BCUT2D eigenvalue weighted by molar-refractivity contribution is 7.98. The fourth-order valence-electron chi connectivity index (χ4n) is 2.25. The first-order valence-corrected chi connectivity index (χ1v) is 9.92. The van der Waals surface area contributed by atoms with Crippen molar-refractivity contribution in [3.05, 3.63) is 81.9 Å². The molecule has 3 aromatic rings. The van der Waals surface area contributed by atoms with Crippen LogP contribution in [-0.4, -0.2) is 21.4 Å². The predicted molar refractivity (Wildman–Crippen MR) is 109 cm³/mol. The summed E-state index contributed by atoms with van der Waals surface area (Å²) >= 11 is 7.41. The zero-order valence-electron chi connectivity index (χ0n) is 15.2. The molecule has 5 nitrogen and oxygen atoms in total. The molecule has 0 aliphatic heterocycles. The summed E-state index contributed by atoms with van der Waals surface area (Å²) in [4.78, 5) is 9.78. The van der Waals surface area contributed by atoms with Crippen LogP contribution in [0.5, 0.6) is 0 Å². The zero-order valence-corrected chi connectivity index (χ0v) is 16.8. The number of oxime groups is 1. The van der Waals surface area contributed by atoms with Crippen LogP contribution in [0, 0.1) is 12.7 Å². The number of aryl methyl sites for hydroxylation is 1. The Bertz CT molecular complexity index is 936. The first-order valence-electron chi connectivity index (χ1n) is 8.56. The summed E-state index contributed by atoms with van der Waals surface area (Å²) in [6, 6.07) is 13.8. The SMILES string of the molecule is Cc1nnc(SCc2ccc(Cl)cc2)nc1CC=NOCc1ccc(F)cc1. The Labute approximate surface area is 172 Å². The minimum absolute atomic E-state index is 0.274. The molecule has 0 aliphatic rings. The smallest absolute Gasteiger partial charge is 0.209 e. The molecule has 1 aromatic heterocycles. The fourth-order valence-corrected chi connectivity index (χ4v) is 3.13. The molecule has 144 valence electrons. The van der Waals surface area contributed by atoms with Crippen molar-refractivity contribution < 1.29 is 9.23 Å². The fraction of sp³-hybridized carbons (Fsp3) is 0.200. The lowest BCUT2D eigenvalue weighted by Gasteiger charge is -2.04. The number of aromatic nitrogens is 3. The van der Waals surface area contributed by atoms with Crippen molar-refractivity contribution in [2.75, 3.05) is 0 Å². The van der Waals surface area contributed by atoms with Gasteiger partial charge in [0.05, 0.1) is 11.4 Å². The van der Waals surface area contributed by atoms with Gasteiger partial charge in [0.2, 0.25) is 5.16 Å². The number of hydrogen-bond donors (Lipinski definition) is 0. The van der Waals surface area contributed by atoms with E-state index >= 15 is 0 Å². The molecule has 0 saturated heterocycles. The van der Waals surface area contributed by atoms with Crippen LogP contribution in [-0.2, 0) is 23.6 Å². The van der Waals surface area contributed by atoms with Gasteiger partial charge in [-0.25, -0.2) is 9.37 Å². The first-order chi connectivity index (χ1) is 13.6. The molecule has 0 aliphatic carbocycles. The van der Waals surface area contributed by atoms with Gasteiger partial charge in [-0.2, -0.15) is 5.10 Å². The van der Waals surface area contributed by atoms with E-state index < -0.39 is 0 Å².